The number of ether oxygens (including phenoxy) is 1. The number of ketones is 1. The van der Waals surface area contributed by atoms with E-state index >= 15 is 0 Å². The van der Waals surface area contributed by atoms with E-state index < -0.39 is 0 Å². The van der Waals surface area contributed by atoms with Gasteiger partial charge in [-0.25, -0.2) is 0 Å². The zero-order chi connectivity index (χ0) is 31.4. The van der Waals surface area contributed by atoms with Gasteiger partial charge in [0.05, 0.1) is 5.41 Å². The number of amides is 1. The van der Waals surface area contributed by atoms with Crippen molar-refractivity contribution in [2.45, 2.75) is 138 Å². The lowest BCUT2D eigenvalue weighted by molar-refractivity contribution is -0.250. The summed E-state index contributed by atoms with van der Waals surface area (Å²) >= 11 is 0. The van der Waals surface area contributed by atoms with E-state index in [-0.39, 0.29) is 51.0 Å². The number of esters is 1. The molecule has 0 aromatic heterocycles. The normalized spacial score (nSPS) is 50.8. The molecule has 8 aliphatic rings. The molecular weight excluding hydrogens is 548 g/mol. The number of carbonyl (C=O) groups is 3. The predicted molar refractivity (Wildman–Crippen MR) is 172 cm³/mol. The maximum atomic E-state index is 15.0. The van der Waals surface area contributed by atoms with Crippen LogP contribution in [0.2, 0.25) is 0 Å². The zero-order valence-electron chi connectivity index (χ0n) is 28.9. The Morgan fingerprint density at radius 2 is 1.41 bits per heavy atom. The second kappa shape index (κ2) is 10.3. The largest absolute Gasteiger partial charge is 0.462 e. The van der Waals surface area contributed by atoms with Crippen LogP contribution in [0.25, 0.3) is 0 Å². The third-order valence-corrected chi connectivity index (χ3v) is 16.5. The minimum atomic E-state index is -0.355. The molecule has 6 nitrogen and oxygen atoms in total. The average Bonchev–Trinajstić information content (AvgIpc) is 3.11. The third kappa shape index (κ3) is 4.09. The van der Waals surface area contributed by atoms with E-state index in [1.807, 2.05) is 6.92 Å². The first-order valence-corrected chi connectivity index (χ1v) is 18.4. The molecule has 3 saturated heterocycles. The first kappa shape index (κ1) is 31.2. The second-order valence-electron chi connectivity index (χ2n) is 18.1. The van der Waals surface area contributed by atoms with E-state index in [1.165, 1.54) is 19.3 Å². The second-order valence-corrected chi connectivity index (χ2v) is 18.1. The molecule has 0 aromatic carbocycles. The van der Waals surface area contributed by atoms with E-state index in [0.717, 1.165) is 84.0 Å². The van der Waals surface area contributed by atoms with Gasteiger partial charge in [-0.2, -0.15) is 0 Å². The summed E-state index contributed by atoms with van der Waals surface area (Å²) in [5.74, 6) is 2.38. The average molecular weight is 609 g/mol. The van der Waals surface area contributed by atoms with Gasteiger partial charge in [0.15, 0.2) is 0 Å². The smallest absolute Gasteiger partial charge is 0.302 e. The van der Waals surface area contributed by atoms with Crippen LogP contribution in [0.4, 0.5) is 0 Å². The lowest BCUT2D eigenvalue weighted by atomic mass is 9.32. The van der Waals surface area contributed by atoms with Gasteiger partial charge in [0.1, 0.15) is 11.9 Å². The predicted octanol–water partition coefficient (Wildman–Crippen LogP) is 6.90. The highest BCUT2D eigenvalue weighted by atomic mass is 16.5. The molecule has 1 amide bonds. The van der Waals surface area contributed by atoms with Crippen LogP contribution in [0.5, 0.6) is 0 Å². The van der Waals surface area contributed by atoms with Crippen LogP contribution >= 0.6 is 0 Å². The molecule has 0 spiro atoms. The number of hydrogen-bond donors (Lipinski definition) is 0. The van der Waals surface area contributed by atoms with Crippen molar-refractivity contribution in [2.75, 3.05) is 26.2 Å². The van der Waals surface area contributed by atoms with Crippen molar-refractivity contribution in [1.29, 1.82) is 0 Å². The van der Waals surface area contributed by atoms with Gasteiger partial charge in [-0.3, -0.25) is 14.4 Å². The third-order valence-electron chi connectivity index (χ3n) is 16.5. The molecule has 8 rings (SSSR count). The number of rotatable bonds is 3. The summed E-state index contributed by atoms with van der Waals surface area (Å²) in [6, 6.07) is 0.384. The lowest BCUT2D eigenvalue weighted by Crippen LogP contribution is -2.68. The Morgan fingerprint density at radius 3 is 2.09 bits per heavy atom. The van der Waals surface area contributed by atoms with Crippen LogP contribution < -0.4 is 0 Å². The fourth-order valence-electron chi connectivity index (χ4n) is 14.2. The maximum absolute atomic E-state index is 15.0. The van der Waals surface area contributed by atoms with Crippen LogP contribution in [0.3, 0.4) is 0 Å². The molecule has 0 aromatic rings. The van der Waals surface area contributed by atoms with Crippen LogP contribution in [0.15, 0.2) is 0 Å². The quantitative estimate of drug-likeness (QED) is 0.326. The summed E-state index contributed by atoms with van der Waals surface area (Å²) in [6.07, 6.45) is 12.9. The van der Waals surface area contributed by atoms with Crippen molar-refractivity contribution in [3.8, 4) is 0 Å². The van der Waals surface area contributed by atoms with Crippen molar-refractivity contribution in [3.63, 3.8) is 0 Å². The van der Waals surface area contributed by atoms with Crippen molar-refractivity contribution in [1.82, 2.24) is 9.80 Å². The Kier molecular flexibility index (Phi) is 7.29. The topological polar surface area (TPSA) is 66.9 Å². The number of hydrogen-bond acceptors (Lipinski definition) is 5. The van der Waals surface area contributed by atoms with E-state index in [2.05, 4.69) is 44.4 Å². The molecule has 246 valence electrons. The lowest BCUT2D eigenvalue weighted by Gasteiger charge is -2.72. The Hall–Kier alpha value is -1.43. The Morgan fingerprint density at radius 1 is 0.682 bits per heavy atom. The van der Waals surface area contributed by atoms with E-state index in [1.54, 1.807) is 6.92 Å². The molecule has 44 heavy (non-hydrogen) atoms. The Balaban J connectivity index is 1.23. The molecule has 5 saturated carbocycles. The minimum Gasteiger partial charge on any atom is -0.462 e. The Bertz CT molecular complexity index is 1210. The van der Waals surface area contributed by atoms with Gasteiger partial charge >= 0.3 is 5.97 Å². The van der Waals surface area contributed by atoms with Gasteiger partial charge < -0.3 is 14.5 Å². The molecule has 2 bridgehead atoms. The molecule has 3 heterocycles. The van der Waals surface area contributed by atoms with Gasteiger partial charge in [0, 0.05) is 50.5 Å². The van der Waals surface area contributed by atoms with Crippen LogP contribution in [-0.2, 0) is 19.1 Å². The minimum absolute atomic E-state index is 0.00332. The van der Waals surface area contributed by atoms with Gasteiger partial charge in [-0.05, 0) is 124 Å². The van der Waals surface area contributed by atoms with Crippen molar-refractivity contribution < 1.29 is 19.1 Å². The highest BCUT2D eigenvalue weighted by molar-refractivity contribution is 5.87. The molecule has 5 aliphatic carbocycles. The van der Waals surface area contributed by atoms with Crippen LogP contribution in [-0.4, -0.2) is 65.8 Å². The summed E-state index contributed by atoms with van der Waals surface area (Å²) in [5, 5.41) is 0. The monoisotopic (exact) mass is 608 g/mol. The summed E-state index contributed by atoms with van der Waals surface area (Å²) in [5.41, 5.74) is 0.115. The molecule has 0 N–H and O–H groups in total. The van der Waals surface area contributed by atoms with E-state index in [0.29, 0.717) is 35.5 Å². The van der Waals surface area contributed by atoms with Gasteiger partial charge in [-0.15, -0.1) is 0 Å². The first-order valence-electron chi connectivity index (χ1n) is 18.4. The highest BCUT2D eigenvalue weighted by Gasteiger charge is 2.72. The summed E-state index contributed by atoms with van der Waals surface area (Å²) in [6.45, 7) is 20.1. The van der Waals surface area contributed by atoms with E-state index in [4.69, 9.17) is 4.74 Å². The SMILES string of the molecule is CC(=O)O[C@H]1CC[C@]2(C)[C@H]3CC[C@@H]4[C@H]5[C@H](C(C)=O)CC[C@]5(C(=O)N5CCN6CCC5CC6)CC[C@@]4(C)[C@]3(C)CC[C@H]2C1(C)C. The van der Waals surface area contributed by atoms with Gasteiger partial charge in [0.25, 0.3) is 0 Å². The van der Waals surface area contributed by atoms with Crippen LogP contribution in [0.1, 0.15) is 126 Å². The van der Waals surface area contributed by atoms with Crippen molar-refractivity contribution >= 4 is 17.7 Å². The molecule has 3 aliphatic heterocycles. The standard InChI is InChI=1S/C38H60N2O4/c1-24(41)27-10-17-38(33(43)40-23-22-39-20-13-26(40)14-21-39)19-18-36(6)28(32(27)38)8-9-30-35(5)15-12-31(44-25(2)42)34(3,4)29(35)11-16-37(30,36)7/h26-32H,8-23H2,1-7H3/t27-,28+,29-,30+,31-,32+,35-,36+,37+,38-/m0/s1. The molecule has 6 heteroatoms. The van der Waals surface area contributed by atoms with Crippen molar-refractivity contribution in [2.24, 2.45) is 56.7 Å². The number of fused-ring (bicyclic) bond motifs is 11. The summed E-state index contributed by atoms with van der Waals surface area (Å²) in [7, 11) is 0. The number of carbonyl (C=O) groups excluding carboxylic acids is 3. The van der Waals surface area contributed by atoms with Crippen molar-refractivity contribution in [3.05, 3.63) is 0 Å². The number of nitrogens with zero attached hydrogens (tertiary/aromatic N) is 2. The van der Waals surface area contributed by atoms with Gasteiger partial charge in [-0.1, -0.05) is 34.6 Å². The molecule has 10 atom stereocenters. The molecular formula is C38H60N2O4. The number of piperidine rings is 1. The summed E-state index contributed by atoms with van der Waals surface area (Å²) < 4.78 is 5.95. The van der Waals surface area contributed by atoms with Crippen LogP contribution in [0, 0.1) is 56.7 Å². The maximum Gasteiger partial charge on any atom is 0.302 e. The number of Topliss-reactive ketones (excluding diaryl/α,β-unsaturated/α-hetero) is 1. The molecule has 0 unspecified atom stereocenters. The fourth-order valence-corrected chi connectivity index (χ4v) is 14.2. The fraction of sp³-hybridized carbons (Fsp3) is 0.921. The summed E-state index contributed by atoms with van der Waals surface area (Å²) in [4.78, 5) is 45.3. The highest BCUT2D eigenvalue weighted by Crippen LogP contribution is 2.77. The molecule has 0 radical (unpaired) electrons. The molecule has 8 fully saturated rings. The zero-order valence-corrected chi connectivity index (χ0v) is 28.9. The van der Waals surface area contributed by atoms with E-state index in [9.17, 15) is 14.4 Å². The Labute approximate surface area is 266 Å². The van der Waals surface area contributed by atoms with Gasteiger partial charge in [0.2, 0.25) is 5.91 Å². The first-order chi connectivity index (χ1) is 20.7.